The number of fused-ring (bicyclic) bond motifs is 4. The molecule has 3 aromatic carbocycles. The number of ether oxygens (including phenoxy) is 3. The Hall–Kier alpha value is -5.17. The number of piperidine rings is 1. The number of imide groups is 1. The summed E-state index contributed by atoms with van der Waals surface area (Å²) in [6.07, 6.45) is 6.78. The monoisotopic (exact) mass is 1000 g/mol. The largest absolute Gasteiger partial charge is 0.382 e. The SMILES string of the molecule is O=C1CCC(N2Cc3c(NCCOCCOCCOCCNC(=O)C4CCC(NC(=O)[C@@H]5NC6(CCCCC6)[C@@]6(C(=O)Nc7cc(Cl)ccc76)[C@H]5c5cccc(Cl)c5F)CC4)cccc3C2=O)C(=O)N1. The fraction of sp³-hybridized carbons (Fsp3) is 0.529. The van der Waals surface area contributed by atoms with Gasteiger partial charge in [0.25, 0.3) is 5.91 Å². The maximum atomic E-state index is 16.3. The Labute approximate surface area is 416 Å². The van der Waals surface area contributed by atoms with Crippen LogP contribution in [0.15, 0.2) is 54.6 Å². The highest BCUT2D eigenvalue weighted by molar-refractivity contribution is 6.31. The highest BCUT2D eigenvalue weighted by Crippen LogP contribution is 2.63. The molecule has 4 aliphatic heterocycles. The Bertz CT molecular complexity index is 2500. The predicted octanol–water partition coefficient (Wildman–Crippen LogP) is 5.50. The number of nitrogens with one attached hydrogen (secondary N) is 6. The van der Waals surface area contributed by atoms with Crippen molar-refractivity contribution in [3.8, 4) is 0 Å². The van der Waals surface area contributed by atoms with Crippen LogP contribution < -0.4 is 31.9 Å². The molecule has 70 heavy (non-hydrogen) atoms. The highest BCUT2D eigenvalue weighted by atomic mass is 35.5. The molecule has 0 radical (unpaired) electrons. The predicted molar refractivity (Wildman–Crippen MR) is 259 cm³/mol. The van der Waals surface area contributed by atoms with Gasteiger partial charge in [0.1, 0.15) is 17.3 Å². The van der Waals surface area contributed by atoms with Crippen LogP contribution in [0.4, 0.5) is 15.8 Å². The van der Waals surface area contributed by atoms with E-state index in [0.717, 1.165) is 30.5 Å². The second kappa shape index (κ2) is 21.7. The van der Waals surface area contributed by atoms with Gasteiger partial charge in [0.15, 0.2) is 0 Å². The Morgan fingerprint density at radius 3 is 2.26 bits per heavy atom. The molecule has 2 saturated carbocycles. The fourth-order valence-electron chi connectivity index (χ4n) is 12.0. The molecule has 16 nitrogen and oxygen atoms in total. The standard InChI is InChI=1S/C51H60Cl2FN7O9/c52-31-12-15-36-39(28-31)58-49(67)51(36)42(34-7-4-8-37(53)43(34)54)44(60-50(51)18-2-1-3-19-50)47(65)57-32-13-10-30(11-14-32)45(63)56-21-23-69-25-27-70-26-24-68-22-20-55-38-9-5-6-33-35(38)29-61(48(33)66)40-16-17-41(62)59-46(40)64/h4-9,12,15,28,30,32,40,42,44,55,60H,1-3,10-11,13-14,16-27,29H2,(H,56,63)(H,57,65)(H,58,67)(H,59,62,64)/t30?,32?,40?,42-,44+,51+/m0/s1. The van der Waals surface area contributed by atoms with E-state index in [9.17, 15) is 28.8 Å². The second-order valence-corrected chi connectivity index (χ2v) is 20.0. The summed E-state index contributed by atoms with van der Waals surface area (Å²) in [5, 5.41) is 19.0. The van der Waals surface area contributed by atoms with Crippen molar-refractivity contribution in [3.63, 3.8) is 0 Å². The van der Waals surface area contributed by atoms with E-state index >= 15 is 4.39 Å². The van der Waals surface area contributed by atoms with Crippen molar-refractivity contribution in [2.75, 3.05) is 63.4 Å². The lowest BCUT2D eigenvalue weighted by atomic mass is 9.55. The van der Waals surface area contributed by atoms with E-state index < -0.39 is 40.7 Å². The first kappa shape index (κ1) is 49.8. The smallest absolute Gasteiger partial charge is 0.255 e. The van der Waals surface area contributed by atoms with Crippen LogP contribution >= 0.6 is 23.2 Å². The molecule has 4 heterocycles. The van der Waals surface area contributed by atoms with Crippen LogP contribution in [0.5, 0.6) is 0 Å². The van der Waals surface area contributed by atoms with Gasteiger partial charge in [-0.1, -0.05) is 66.7 Å². The number of carbonyl (C=O) groups excluding carboxylic acids is 6. The zero-order chi connectivity index (χ0) is 49.0. The van der Waals surface area contributed by atoms with Crippen LogP contribution in [-0.2, 0) is 50.1 Å². The van der Waals surface area contributed by atoms with Crippen molar-refractivity contribution in [3.05, 3.63) is 92.7 Å². The normalized spacial score (nSPS) is 25.7. The molecule has 19 heteroatoms. The van der Waals surface area contributed by atoms with Gasteiger partial charge in [-0.05, 0) is 86.4 Å². The number of nitrogens with zero attached hydrogens (tertiary/aromatic N) is 1. The molecule has 1 unspecified atom stereocenters. The van der Waals surface area contributed by atoms with E-state index in [0.29, 0.717) is 120 Å². The maximum Gasteiger partial charge on any atom is 0.255 e. The van der Waals surface area contributed by atoms with Gasteiger partial charge in [-0.2, -0.15) is 0 Å². The lowest BCUT2D eigenvalue weighted by Gasteiger charge is -2.47. The number of halogens is 3. The molecule has 374 valence electrons. The van der Waals surface area contributed by atoms with Crippen LogP contribution in [0, 0.1) is 11.7 Å². The van der Waals surface area contributed by atoms with Gasteiger partial charge in [0, 0.05) is 77.0 Å². The Morgan fingerprint density at radius 2 is 1.51 bits per heavy atom. The molecule has 6 amide bonds. The maximum absolute atomic E-state index is 16.3. The number of amides is 6. The summed E-state index contributed by atoms with van der Waals surface area (Å²) >= 11 is 12.8. The van der Waals surface area contributed by atoms with E-state index in [1.54, 1.807) is 36.4 Å². The van der Waals surface area contributed by atoms with Gasteiger partial charge in [0.05, 0.1) is 50.7 Å². The quantitative estimate of drug-likeness (QED) is 0.0694. The van der Waals surface area contributed by atoms with Crippen molar-refractivity contribution in [2.24, 2.45) is 5.92 Å². The summed E-state index contributed by atoms with van der Waals surface area (Å²) in [7, 11) is 0. The molecule has 6 N–H and O–H groups in total. The summed E-state index contributed by atoms with van der Waals surface area (Å²) in [5.41, 5.74) is 1.49. The molecular formula is C51H60Cl2FN7O9. The molecule has 2 saturated heterocycles. The van der Waals surface area contributed by atoms with E-state index in [1.807, 2.05) is 12.1 Å². The zero-order valence-electron chi connectivity index (χ0n) is 39.0. The lowest BCUT2D eigenvalue weighted by Crippen LogP contribution is -2.60. The van der Waals surface area contributed by atoms with Crippen molar-refractivity contribution in [1.29, 1.82) is 0 Å². The first-order valence-corrected chi connectivity index (χ1v) is 25.3. The molecule has 2 spiro atoms. The average Bonchev–Trinajstić information content (AvgIpc) is 3.95. The van der Waals surface area contributed by atoms with E-state index in [4.69, 9.17) is 37.4 Å². The van der Waals surface area contributed by atoms with Crippen LogP contribution in [-0.4, -0.2) is 117 Å². The van der Waals surface area contributed by atoms with Crippen molar-refractivity contribution < 1.29 is 47.4 Å². The molecule has 2 aliphatic carbocycles. The summed E-state index contributed by atoms with van der Waals surface area (Å²) in [6, 6.07) is 13.7. The highest BCUT2D eigenvalue weighted by Gasteiger charge is 2.72. The topological polar surface area (TPSA) is 206 Å². The van der Waals surface area contributed by atoms with Crippen LogP contribution in [0.3, 0.4) is 0 Å². The summed E-state index contributed by atoms with van der Waals surface area (Å²) < 4.78 is 33.3. The van der Waals surface area contributed by atoms with Gasteiger partial charge >= 0.3 is 0 Å². The van der Waals surface area contributed by atoms with Gasteiger partial charge in [-0.15, -0.1) is 0 Å². The molecule has 4 atom stereocenters. The first-order chi connectivity index (χ1) is 33.9. The lowest BCUT2D eigenvalue weighted by molar-refractivity contribution is -0.137. The van der Waals surface area contributed by atoms with E-state index in [-0.39, 0.29) is 65.0 Å². The molecule has 0 aromatic heterocycles. The minimum absolute atomic E-state index is 0.0586. The number of benzene rings is 3. The summed E-state index contributed by atoms with van der Waals surface area (Å²) in [6.45, 7) is 3.33. The number of carbonyl (C=O) groups is 6. The van der Waals surface area contributed by atoms with E-state index in [2.05, 4.69) is 31.9 Å². The zero-order valence-corrected chi connectivity index (χ0v) is 40.5. The number of rotatable bonds is 18. The van der Waals surface area contributed by atoms with Crippen molar-refractivity contribution in [2.45, 2.75) is 112 Å². The molecule has 3 aromatic rings. The van der Waals surface area contributed by atoms with Gasteiger partial charge in [-0.3, -0.25) is 39.4 Å². The minimum atomic E-state index is -1.31. The number of anilines is 2. The van der Waals surface area contributed by atoms with Crippen LogP contribution in [0.25, 0.3) is 0 Å². The third-order valence-electron chi connectivity index (χ3n) is 15.2. The van der Waals surface area contributed by atoms with Crippen molar-refractivity contribution in [1.82, 2.24) is 26.2 Å². The Kier molecular flexibility index (Phi) is 15.4. The molecule has 0 bridgehead atoms. The third-order valence-corrected chi connectivity index (χ3v) is 15.7. The second-order valence-electron chi connectivity index (χ2n) is 19.2. The van der Waals surface area contributed by atoms with Crippen LogP contribution in [0.2, 0.25) is 10.0 Å². The van der Waals surface area contributed by atoms with Gasteiger partial charge < -0.3 is 40.4 Å². The molecule has 9 rings (SSSR count). The molecular weight excluding hydrogens is 945 g/mol. The number of hydrogen-bond donors (Lipinski definition) is 6. The van der Waals surface area contributed by atoms with Crippen LogP contribution in [0.1, 0.15) is 104 Å². The summed E-state index contributed by atoms with van der Waals surface area (Å²) in [5.74, 6) is -3.42. The first-order valence-electron chi connectivity index (χ1n) is 24.6. The van der Waals surface area contributed by atoms with Gasteiger partial charge in [0.2, 0.25) is 29.5 Å². The van der Waals surface area contributed by atoms with Gasteiger partial charge in [-0.25, -0.2) is 4.39 Å². The van der Waals surface area contributed by atoms with Crippen molar-refractivity contribution >= 4 is 70.0 Å². The molecule has 6 aliphatic rings. The number of hydrogen-bond acceptors (Lipinski definition) is 11. The fourth-order valence-corrected chi connectivity index (χ4v) is 12.3. The molecule has 4 fully saturated rings. The minimum Gasteiger partial charge on any atom is -0.382 e. The van der Waals surface area contributed by atoms with E-state index in [1.165, 1.54) is 11.0 Å². The third kappa shape index (κ3) is 9.77. The summed E-state index contributed by atoms with van der Waals surface area (Å²) in [4.78, 5) is 81.0. The Balaban J connectivity index is 0.675. The Morgan fingerprint density at radius 1 is 0.800 bits per heavy atom. The average molecular weight is 1000 g/mol.